The van der Waals surface area contributed by atoms with Crippen LogP contribution in [-0.4, -0.2) is 15.3 Å². The van der Waals surface area contributed by atoms with Crippen LogP contribution < -0.4 is 0 Å². The van der Waals surface area contributed by atoms with Gasteiger partial charge in [-0.25, -0.2) is 4.98 Å². The maximum absolute atomic E-state index is 11.3. The largest absolute Gasteiger partial charge is 0.331 e. The first kappa shape index (κ1) is 9.44. The number of hydrogen-bond acceptors (Lipinski definition) is 2. The summed E-state index contributed by atoms with van der Waals surface area (Å²) in [6, 6.07) is 0. The summed E-state index contributed by atoms with van der Waals surface area (Å²) >= 11 is 0. The molecule has 1 aliphatic heterocycles. The lowest BCUT2D eigenvalue weighted by atomic mass is 10.1. The molecule has 0 amide bonds. The van der Waals surface area contributed by atoms with Crippen LogP contribution in [0.3, 0.4) is 0 Å². The third kappa shape index (κ3) is 1.37. The first-order valence-corrected chi connectivity index (χ1v) is 5.17. The molecule has 2 rings (SSSR count). The number of ketones is 1. The van der Waals surface area contributed by atoms with Crippen molar-refractivity contribution < 1.29 is 4.79 Å². The van der Waals surface area contributed by atoms with Gasteiger partial charge in [-0.15, -0.1) is 0 Å². The summed E-state index contributed by atoms with van der Waals surface area (Å²) in [5.74, 6) is 1.91. The normalized spacial score (nSPS) is 16.1. The van der Waals surface area contributed by atoms with Gasteiger partial charge in [-0.1, -0.05) is 13.8 Å². The number of fused-ring (bicyclic) bond motifs is 1. The molecule has 0 fully saturated rings. The van der Waals surface area contributed by atoms with E-state index < -0.39 is 0 Å². The zero-order valence-electron chi connectivity index (χ0n) is 9.00. The summed E-state index contributed by atoms with van der Waals surface area (Å²) in [5.41, 5.74) is 2.16. The molecule has 0 atom stereocenters. The molecule has 0 unspecified atom stereocenters. The molecule has 76 valence electrons. The predicted octanol–water partition coefficient (Wildman–Crippen LogP) is 1.83. The Morgan fingerprint density at radius 1 is 1.43 bits per heavy atom. The minimum Gasteiger partial charge on any atom is -0.331 e. The van der Waals surface area contributed by atoms with Crippen LogP contribution in [0.4, 0.5) is 0 Å². The molecule has 0 radical (unpaired) electrons. The maximum atomic E-state index is 11.3. The molecule has 0 saturated heterocycles. The van der Waals surface area contributed by atoms with E-state index in [4.69, 9.17) is 0 Å². The minimum atomic E-state index is 0.343. The molecule has 0 N–H and O–H groups in total. The fourth-order valence-electron chi connectivity index (χ4n) is 2.06. The smallest absolute Gasteiger partial charge is 0.140 e. The molecule has 0 spiro atoms. The van der Waals surface area contributed by atoms with Crippen LogP contribution in [-0.2, 0) is 17.8 Å². The van der Waals surface area contributed by atoms with E-state index in [0.29, 0.717) is 24.5 Å². The third-order valence-electron chi connectivity index (χ3n) is 2.80. The molecule has 1 aliphatic rings. The Balaban J connectivity index is 2.48. The van der Waals surface area contributed by atoms with Crippen molar-refractivity contribution in [3.8, 4) is 0 Å². The van der Waals surface area contributed by atoms with Gasteiger partial charge in [0.15, 0.2) is 0 Å². The Morgan fingerprint density at radius 2 is 2.14 bits per heavy atom. The Kier molecular flexibility index (Phi) is 2.17. The van der Waals surface area contributed by atoms with Crippen LogP contribution in [0.25, 0.3) is 0 Å². The Labute approximate surface area is 84.1 Å². The van der Waals surface area contributed by atoms with Crippen molar-refractivity contribution in [1.82, 2.24) is 9.55 Å². The van der Waals surface area contributed by atoms with Crippen LogP contribution >= 0.6 is 0 Å². The lowest BCUT2D eigenvalue weighted by Crippen LogP contribution is -2.20. The van der Waals surface area contributed by atoms with Crippen molar-refractivity contribution in [3.63, 3.8) is 0 Å². The van der Waals surface area contributed by atoms with Crippen LogP contribution in [0.5, 0.6) is 0 Å². The molecule has 0 bridgehead atoms. The molecule has 0 saturated carbocycles. The highest BCUT2D eigenvalue weighted by Crippen LogP contribution is 2.23. The van der Waals surface area contributed by atoms with Gasteiger partial charge in [-0.05, 0) is 6.92 Å². The van der Waals surface area contributed by atoms with Crippen molar-refractivity contribution >= 4 is 5.78 Å². The fourth-order valence-corrected chi connectivity index (χ4v) is 2.06. The zero-order valence-corrected chi connectivity index (χ0v) is 9.00. The number of carbonyl (C=O) groups is 1. The van der Waals surface area contributed by atoms with Gasteiger partial charge in [0, 0.05) is 31.0 Å². The molecular formula is C11H16N2O. The van der Waals surface area contributed by atoms with Crippen LogP contribution in [0.15, 0.2) is 0 Å². The Hall–Kier alpha value is -1.12. The molecular weight excluding hydrogens is 176 g/mol. The summed E-state index contributed by atoms with van der Waals surface area (Å²) in [6.07, 6.45) is 1.24. The van der Waals surface area contributed by atoms with Gasteiger partial charge in [0.05, 0.1) is 5.69 Å². The second-order valence-electron chi connectivity index (χ2n) is 4.27. The lowest BCUT2D eigenvalue weighted by molar-refractivity contribution is -0.119. The highest BCUT2D eigenvalue weighted by Gasteiger charge is 2.22. The number of aryl methyl sites for hydroxylation is 1. The van der Waals surface area contributed by atoms with Gasteiger partial charge in [0.25, 0.3) is 0 Å². The van der Waals surface area contributed by atoms with E-state index in [1.807, 2.05) is 6.92 Å². The van der Waals surface area contributed by atoms with E-state index in [9.17, 15) is 4.79 Å². The summed E-state index contributed by atoms with van der Waals surface area (Å²) in [5, 5.41) is 0. The molecule has 1 aromatic rings. The van der Waals surface area contributed by atoms with Gasteiger partial charge in [-0.2, -0.15) is 0 Å². The van der Waals surface area contributed by atoms with Crippen molar-refractivity contribution in [2.24, 2.45) is 0 Å². The number of nitrogens with zero attached hydrogens (tertiary/aromatic N) is 2. The molecule has 0 aromatic carbocycles. The van der Waals surface area contributed by atoms with E-state index in [1.54, 1.807) is 0 Å². The molecule has 3 heteroatoms. The quantitative estimate of drug-likeness (QED) is 0.680. The SMILES string of the molecule is Cc1nc(C(C)C)n2c1CC(=O)CC2. The topological polar surface area (TPSA) is 34.9 Å². The Morgan fingerprint density at radius 3 is 2.79 bits per heavy atom. The van der Waals surface area contributed by atoms with E-state index in [-0.39, 0.29) is 0 Å². The number of carbonyl (C=O) groups excluding carboxylic acids is 1. The van der Waals surface area contributed by atoms with Gasteiger partial charge >= 0.3 is 0 Å². The van der Waals surface area contributed by atoms with E-state index in [0.717, 1.165) is 23.8 Å². The van der Waals surface area contributed by atoms with Crippen molar-refractivity contribution in [2.45, 2.75) is 46.1 Å². The number of Topliss-reactive ketones (excluding diaryl/α,β-unsaturated/α-hetero) is 1. The fraction of sp³-hybridized carbons (Fsp3) is 0.636. The molecule has 2 heterocycles. The van der Waals surface area contributed by atoms with E-state index in [1.165, 1.54) is 0 Å². The van der Waals surface area contributed by atoms with Crippen molar-refractivity contribution in [1.29, 1.82) is 0 Å². The Bertz CT molecular complexity index is 377. The van der Waals surface area contributed by atoms with Crippen LogP contribution in [0.1, 0.15) is 43.4 Å². The van der Waals surface area contributed by atoms with E-state index in [2.05, 4.69) is 23.4 Å². The highest BCUT2D eigenvalue weighted by molar-refractivity contribution is 5.81. The molecule has 0 aliphatic carbocycles. The summed E-state index contributed by atoms with van der Waals surface area (Å²) < 4.78 is 2.22. The molecule has 14 heavy (non-hydrogen) atoms. The van der Waals surface area contributed by atoms with Gasteiger partial charge in [-0.3, -0.25) is 4.79 Å². The second-order valence-corrected chi connectivity index (χ2v) is 4.27. The predicted molar refractivity (Wildman–Crippen MR) is 54.4 cm³/mol. The molecule has 3 nitrogen and oxygen atoms in total. The van der Waals surface area contributed by atoms with Crippen molar-refractivity contribution in [2.75, 3.05) is 0 Å². The van der Waals surface area contributed by atoms with Gasteiger partial charge in [0.2, 0.25) is 0 Å². The number of rotatable bonds is 1. The third-order valence-corrected chi connectivity index (χ3v) is 2.80. The van der Waals surface area contributed by atoms with Crippen LogP contribution in [0, 0.1) is 6.92 Å². The number of aromatic nitrogens is 2. The van der Waals surface area contributed by atoms with E-state index >= 15 is 0 Å². The summed E-state index contributed by atoms with van der Waals surface area (Å²) in [4.78, 5) is 15.9. The summed E-state index contributed by atoms with van der Waals surface area (Å²) in [6.45, 7) is 7.11. The average Bonchev–Trinajstić information content (AvgIpc) is 2.44. The highest BCUT2D eigenvalue weighted by atomic mass is 16.1. The average molecular weight is 192 g/mol. The molecule has 1 aromatic heterocycles. The van der Waals surface area contributed by atoms with Crippen LogP contribution in [0.2, 0.25) is 0 Å². The van der Waals surface area contributed by atoms with Gasteiger partial charge in [0.1, 0.15) is 11.6 Å². The number of imidazole rings is 1. The minimum absolute atomic E-state index is 0.343. The lowest BCUT2D eigenvalue weighted by Gasteiger charge is -2.17. The first-order valence-electron chi connectivity index (χ1n) is 5.17. The summed E-state index contributed by atoms with van der Waals surface area (Å²) in [7, 11) is 0. The first-order chi connectivity index (χ1) is 6.59. The standard InChI is InChI=1S/C11H16N2O/c1-7(2)11-12-8(3)10-6-9(14)4-5-13(10)11/h7H,4-6H2,1-3H3. The van der Waals surface area contributed by atoms with Gasteiger partial charge < -0.3 is 4.57 Å². The number of hydrogen-bond donors (Lipinski definition) is 0. The second kappa shape index (κ2) is 3.23. The van der Waals surface area contributed by atoms with Crippen molar-refractivity contribution in [3.05, 3.63) is 17.2 Å². The maximum Gasteiger partial charge on any atom is 0.140 e. The monoisotopic (exact) mass is 192 g/mol. The zero-order chi connectivity index (χ0) is 10.3.